The summed E-state index contributed by atoms with van der Waals surface area (Å²) in [5.74, 6) is 0.366. The molecule has 0 aliphatic carbocycles. The van der Waals surface area contributed by atoms with Crippen molar-refractivity contribution in [3.8, 4) is 5.75 Å². The van der Waals surface area contributed by atoms with Gasteiger partial charge in [0, 0.05) is 0 Å². The van der Waals surface area contributed by atoms with Gasteiger partial charge < -0.3 is 10.1 Å². The first-order valence-corrected chi connectivity index (χ1v) is 6.71. The van der Waals surface area contributed by atoms with Crippen LogP contribution in [0.15, 0.2) is 36.4 Å². The van der Waals surface area contributed by atoms with Gasteiger partial charge >= 0.3 is 0 Å². The average Bonchev–Trinajstić information content (AvgIpc) is 2.45. The largest absolute Gasteiger partial charge is 0.495 e. The van der Waals surface area contributed by atoms with E-state index in [0.29, 0.717) is 10.8 Å². The summed E-state index contributed by atoms with van der Waals surface area (Å²) in [6, 6.07) is 10.3. The zero-order chi connectivity index (χ0) is 14.7. The van der Waals surface area contributed by atoms with Gasteiger partial charge in [0.2, 0.25) is 0 Å². The first kappa shape index (κ1) is 14.8. The molecule has 0 spiro atoms. The molecule has 2 rings (SSSR count). The summed E-state index contributed by atoms with van der Waals surface area (Å²) in [6.07, 6.45) is 0. The van der Waals surface area contributed by atoms with Crippen molar-refractivity contribution < 1.29 is 9.13 Å². The normalized spacial score (nSPS) is 12.2. The Labute approximate surface area is 123 Å². The van der Waals surface area contributed by atoms with Gasteiger partial charge in [0.05, 0.1) is 18.2 Å². The van der Waals surface area contributed by atoms with E-state index in [1.807, 2.05) is 26.1 Å². The summed E-state index contributed by atoms with van der Waals surface area (Å²) >= 11 is 6.04. The summed E-state index contributed by atoms with van der Waals surface area (Å²) in [6.45, 7) is 1.96. The monoisotopic (exact) mass is 293 g/mol. The first-order valence-electron chi connectivity index (χ1n) is 6.33. The lowest BCUT2D eigenvalue weighted by Gasteiger charge is -2.20. The number of aryl methyl sites for hydroxylation is 1. The molecule has 2 nitrogen and oxygen atoms in total. The highest BCUT2D eigenvalue weighted by Crippen LogP contribution is 2.31. The third-order valence-electron chi connectivity index (χ3n) is 3.35. The number of rotatable bonds is 4. The first-order chi connectivity index (χ1) is 9.56. The molecular weight excluding hydrogens is 277 g/mol. The molecule has 0 aliphatic heterocycles. The van der Waals surface area contributed by atoms with Crippen LogP contribution in [0, 0.1) is 12.7 Å². The van der Waals surface area contributed by atoms with Crippen molar-refractivity contribution in [2.24, 2.45) is 0 Å². The average molecular weight is 294 g/mol. The summed E-state index contributed by atoms with van der Waals surface area (Å²) in [7, 11) is 3.42. The minimum atomic E-state index is -0.244. The second-order valence-corrected chi connectivity index (χ2v) is 5.02. The second kappa shape index (κ2) is 6.25. The van der Waals surface area contributed by atoms with Gasteiger partial charge in [-0.2, -0.15) is 0 Å². The van der Waals surface area contributed by atoms with E-state index in [9.17, 15) is 4.39 Å². The van der Waals surface area contributed by atoms with Crippen LogP contribution in [0.5, 0.6) is 5.75 Å². The number of halogens is 2. The highest BCUT2D eigenvalue weighted by atomic mass is 35.5. The summed E-state index contributed by atoms with van der Waals surface area (Å²) in [5, 5.41) is 3.77. The fourth-order valence-electron chi connectivity index (χ4n) is 2.28. The topological polar surface area (TPSA) is 21.3 Å². The Bertz CT molecular complexity index is 615. The lowest BCUT2D eigenvalue weighted by Crippen LogP contribution is -2.19. The van der Waals surface area contributed by atoms with Gasteiger partial charge in [-0.25, -0.2) is 4.39 Å². The minimum absolute atomic E-state index is 0.114. The van der Waals surface area contributed by atoms with Crippen molar-refractivity contribution in [2.75, 3.05) is 14.2 Å². The van der Waals surface area contributed by atoms with E-state index in [0.717, 1.165) is 16.7 Å². The highest BCUT2D eigenvalue weighted by Gasteiger charge is 2.16. The Morgan fingerprint density at radius 1 is 1.20 bits per heavy atom. The van der Waals surface area contributed by atoms with E-state index in [1.165, 1.54) is 6.07 Å². The molecule has 0 aromatic heterocycles. The maximum Gasteiger partial charge on any atom is 0.137 e. The summed E-state index contributed by atoms with van der Waals surface area (Å²) in [4.78, 5) is 0. The van der Waals surface area contributed by atoms with Crippen LogP contribution < -0.4 is 10.1 Å². The Hall–Kier alpha value is -1.58. The molecule has 2 aromatic carbocycles. The predicted molar refractivity (Wildman–Crippen MR) is 80.0 cm³/mol. The van der Waals surface area contributed by atoms with E-state index < -0.39 is 0 Å². The van der Waals surface area contributed by atoms with Crippen molar-refractivity contribution in [3.05, 3.63) is 63.9 Å². The lowest BCUT2D eigenvalue weighted by atomic mass is 9.95. The van der Waals surface area contributed by atoms with Crippen molar-refractivity contribution in [2.45, 2.75) is 13.0 Å². The van der Waals surface area contributed by atoms with Gasteiger partial charge in [-0.3, -0.25) is 0 Å². The van der Waals surface area contributed by atoms with E-state index >= 15 is 0 Å². The molecule has 0 aliphatic rings. The van der Waals surface area contributed by atoms with E-state index in [-0.39, 0.29) is 11.9 Å². The van der Waals surface area contributed by atoms with Crippen LogP contribution in [-0.4, -0.2) is 14.2 Å². The third kappa shape index (κ3) is 2.94. The predicted octanol–water partition coefficient (Wildman–Crippen LogP) is 4.10. The molecule has 1 unspecified atom stereocenters. The molecule has 0 saturated heterocycles. The van der Waals surface area contributed by atoms with Crippen molar-refractivity contribution in [1.82, 2.24) is 5.32 Å². The maximum atomic E-state index is 13.5. The van der Waals surface area contributed by atoms with E-state index in [2.05, 4.69) is 5.32 Å². The van der Waals surface area contributed by atoms with E-state index in [4.69, 9.17) is 16.3 Å². The molecule has 0 heterocycles. The van der Waals surface area contributed by atoms with Crippen LogP contribution >= 0.6 is 11.6 Å². The van der Waals surface area contributed by atoms with Gasteiger partial charge in [0.25, 0.3) is 0 Å². The number of nitrogens with one attached hydrogen (secondary N) is 1. The Morgan fingerprint density at radius 3 is 2.60 bits per heavy atom. The quantitative estimate of drug-likeness (QED) is 0.916. The van der Waals surface area contributed by atoms with Crippen LogP contribution in [0.2, 0.25) is 5.02 Å². The van der Waals surface area contributed by atoms with Gasteiger partial charge in [-0.1, -0.05) is 23.7 Å². The molecule has 106 valence electrons. The molecule has 20 heavy (non-hydrogen) atoms. The molecule has 4 heteroatoms. The molecule has 0 bridgehead atoms. The van der Waals surface area contributed by atoms with Crippen LogP contribution in [0.25, 0.3) is 0 Å². The Balaban J connectivity index is 2.49. The number of hydrogen-bond acceptors (Lipinski definition) is 2. The van der Waals surface area contributed by atoms with Crippen LogP contribution in [0.1, 0.15) is 22.7 Å². The van der Waals surface area contributed by atoms with Gasteiger partial charge in [0.15, 0.2) is 0 Å². The van der Waals surface area contributed by atoms with Gasteiger partial charge in [-0.15, -0.1) is 0 Å². The maximum absolute atomic E-state index is 13.5. The third-order valence-corrected chi connectivity index (χ3v) is 3.66. The fourth-order valence-corrected chi connectivity index (χ4v) is 2.47. The SMILES string of the molecule is CNC(c1ccc(Cl)c(OC)c1)c1cc(F)ccc1C. The van der Waals surface area contributed by atoms with Gasteiger partial charge in [0.1, 0.15) is 11.6 Å². The summed E-state index contributed by atoms with van der Waals surface area (Å²) in [5.41, 5.74) is 2.90. The van der Waals surface area contributed by atoms with E-state index in [1.54, 1.807) is 25.3 Å². The molecule has 2 aromatic rings. The lowest BCUT2D eigenvalue weighted by molar-refractivity contribution is 0.414. The smallest absolute Gasteiger partial charge is 0.137 e. The zero-order valence-corrected chi connectivity index (χ0v) is 12.5. The second-order valence-electron chi connectivity index (χ2n) is 4.62. The molecular formula is C16H17ClFNO. The minimum Gasteiger partial charge on any atom is -0.495 e. The molecule has 0 amide bonds. The molecule has 1 atom stereocenters. The van der Waals surface area contributed by atoms with Crippen molar-refractivity contribution >= 4 is 11.6 Å². The van der Waals surface area contributed by atoms with Crippen LogP contribution in [0.4, 0.5) is 4.39 Å². The highest BCUT2D eigenvalue weighted by molar-refractivity contribution is 6.32. The van der Waals surface area contributed by atoms with Crippen molar-refractivity contribution in [1.29, 1.82) is 0 Å². The van der Waals surface area contributed by atoms with Crippen molar-refractivity contribution in [3.63, 3.8) is 0 Å². The zero-order valence-electron chi connectivity index (χ0n) is 11.7. The number of benzene rings is 2. The number of methoxy groups -OCH3 is 1. The molecule has 0 fully saturated rings. The Kier molecular flexibility index (Phi) is 4.63. The number of hydrogen-bond donors (Lipinski definition) is 1. The molecule has 0 saturated carbocycles. The molecule has 1 N–H and O–H groups in total. The fraction of sp³-hybridized carbons (Fsp3) is 0.250. The van der Waals surface area contributed by atoms with Crippen LogP contribution in [0.3, 0.4) is 0 Å². The standard InChI is InChI=1S/C16H17ClFNO/c1-10-4-6-12(18)9-13(10)16(19-2)11-5-7-14(17)15(8-11)20-3/h4-9,16,19H,1-3H3. The summed E-state index contributed by atoms with van der Waals surface area (Å²) < 4.78 is 18.7. The van der Waals surface area contributed by atoms with Crippen LogP contribution in [-0.2, 0) is 0 Å². The Morgan fingerprint density at radius 2 is 1.95 bits per heavy atom. The van der Waals surface area contributed by atoms with Gasteiger partial charge in [-0.05, 0) is 54.9 Å². The number of ether oxygens (including phenoxy) is 1. The molecule has 0 radical (unpaired) electrons.